The lowest BCUT2D eigenvalue weighted by Gasteiger charge is -2.18. The molecule has 0 spiro atoms. The average Bonchev–Trinajstić information content (AvgIpc) is 2.29. The molecular weight excluding hydrogens is 196 g/mol. The molecule has 0 saturated heterocycles. The maximum atomic E-state index is 10.2. The van der Waals surface area contributed by atoms with Crippen molar-refractivity contribution in [2.45, 2.75) is 26.9 Å². The molecule has 1 nitrogen and oxygen atoms in total. The second-order valence-corrected chi connectivity index (χ2v) is 4.71. The topological polar surface area (TPSA) is 20.2 Å². The lowest BCUT2D eigenvalue weighted by molar-refractivity contribution is 0.128. The van der Waals surface area contributed by atoms with E-state index in [0.29, 0.717) is 0 Å². The van der Waals surface area contributed by atoms with Crippen molar-refractivity contribution in [3.8, 4) is 0 Å². The van der Waals surface area contributed by atoms with Crippen LogP contribution in [0.2, 0.25) is 0 Å². The number of hydrogen-bond acceptors (Lipinski definition) is 1. The minimum Gasteiger partial charge on any atom is -0.388 e. The largest absolute Gasteiger partial charge is 0.388 e. The molecular formula is C15H18O. The highest BCUT2D eigenvalue weighted by molar-refractivity contribution is 5.88. The van der Waals surface area contributed by atoms with Gasteiger partial charge in [-0.1, -0.05) is 50.2 Å². The molecule has 2 rings (SSSR count). The second-order valence-electron chi connectivity index (χ2n) is 4.71. The van der Waals surface area contributed by atoms with E-state index in [4.69, 9.17) is 0 Å². The van der Waals surface area contributed by atoms with Crippen molar-refractivity contribution in [1.29, 1.82) is 0 Å². The van der Waals surface area contributed by atoms with E-state index in [9.17, 15) is 5.11 Å². The van der Waals surface area contributed by atoms with Crippen LogP contribution in [0.1, 0.15) is 31.1 Å². The maximum Gasteiger partial charge on any atom is 0.0818 e. The fraction of sp³-hybridized carbons (Fsp3) is 0.333. The van der Waals surface area contributed by atoms with Crippen molar-refractivity contribution in [3.63, 3.8) is 0 Å². The molecule has 0 aromatic heterocycles. The minimum atomic E-state index is -0.384. The zero-order valence-corrected chi connectivity index (χ0v) is 10.1. The molecule has 1 heteroatoms. The first-order valence-electron chi connectivity index (χ1n) is 5.77. The minimum absolute atomic E-state index is 0.242. The number of hydrogen-bond donors (Lipinski definition) is 1. The normalized spacial score (nSPS) is 13.3. The standard InChI is InChI=1S/C15H18O/c1-10(2)15(16)14-9-8-11(3)12-6-4-5-7-13(12)14/h4-10,15-16H,1-3H3. The first-order valence-corrected chi connectivity index (χ1v) is 5.77. The van der Waals surface area contributed by atoms with Crippen molar-refractivity contribution in [1.82, 2.24) is 0 Å². The van der Waals surface area contributed by atoms with Crippen molar-refractivity contribution in [3.05, 3.63) is 47.5 Å². The Morgan fingerprint density at radius 2 is 1.56 bits per heavy atom. The van der Waals surface area contributed by atoms with Gasteiger partial charge < -0.3 is 5.11 Å². The number of aliphatic hydroxyl groups excluding tert-OH is 1. The number of rotatable bonds is 2. The Morgan fingerprint density at radius 1 is 0.938 bits per heavy atom. The van der Waals surface area contributed by atoms with E-state index >= 15 is 0 Å². The zero-order chi connectivity index (χ0) is 11.7. The Hall–Kier alpha value is -1.34. The molecule has 1 N–H and O–H groups in total. The Morgan fingerprint density at radius 3 is 2.19 bits per heavy atom. The van der Waals surface area contributed by atoms with Crippen LogP contribution in [0, 0.1) is 12.8 Å². The van der Waals surface area contributed by atoms with Gasteiger partial charge in [0.2, 0.25) is 0 Å². The van der Waals surface area contributed by atoms with Gasteiger partial charge in [-0.05, 0) is 34.7 Å². The third-order valence-electron chi connectivity index (χ3n) is 3.13. The summed E-state index contributed by atoms with van der Waals surface area (Å²) >= 11 is 0. The third-order valence-corrected chi connectivity index (χ3v) is 3.13. The fourth-order valence-corrected chi connectivity index (χ4v) is 2.09. The Bertz CT molecular complexity index is 500. The summed E-state index contributed by atoms with van der Waals surface area (Å²) in [5.41, 5.74) is 2.30. The summed E-state index contributed by atoms with van der Waals surface area (Å²) in [4.78, 5) is 0. The SMILES string of the molecule is Cc1ccc(C(O)C(C)C)c2ccccc12. The van der Waals surface area contributed by atoms with Crippen LogP contribution in [0.4, 0.5) is 0 Å². The van der Waals surface area contributed by atoms with Gasteiger partial charge in [-0.3, -0.25) is 0 Å². The molecule has 0 saturated carbocycles. The van der Waals surface area contributed by atoms with Gasteiger partial charge in [0, 0.05) is 0 Å². The first kappa shape index (κ1) is 11.2. The summed E-state index contributed by atoms with van der Waals surface area (Å²) in [5.74, 6) is 0.242. The smallest absolute Gasteiger partial charge is 0.0818 e. The van der Waals surface area contributed by atoms with Crippen LogP contribution in [-0.4, -0.2) is 5.11 Å². The van der Waals surface area contributed by atoms with Gasteiger partial charge >= 0.3 is 0 Å². The molecule has 1 atom stereocenters. The van der Waals surface area contributed by atoms with Gasteiger partial charge in [-0.25, -0.2) is 0 Å². The highest BCUT2D eigenvalue weighted by Gasteiger charge is 2.15. The van der Waals surface area contributed by atoms with Gasteiger partial charge in [-0.15, -0.1) is 0 Å². The molecule has 16 heavy (non-hydrogen) atoms. The van der Waals surface area contributed by atoms with Gasteiger partial charge in [-0.2, -0.15) is 0 Å². The molecule has 0 fully saturated rings. The highest BCUT2D eigenvalue weighted by Crippen LogP contribution is 2.30. The van der Waals surface area contributed by atoms with E-state index in [2.05, 4.69) is 25.1 Å². The molecule has 0 amide bonds. The zero-order valence-electron chi connectivity index (χ0n) is 10.1. The van der Waals surface area contributed by atoms with Crippen LogP contribution in [0.15, 0.2) is 36.4 Å². The lowest BCUT2D eigenvalue weighted by atomic mass is 9.92. The van der Waals surface area contributed by atoms with Crippen molar-refractivity contribution < 1.29 is 5.11 Å². The van der Waals surface area contributed by atoms with Crippen LogP contribution >= 0.6 is 0 Å². The molecule has 1 unspecified atom stereocenters. The number of benzene rings is 2. The third kappa shape index (κ3) is 1.83. The van der Waals surface area contributed by atoms with Crippen LogP contribution < -0.4 is 0 Å². The monoisotopic (exact) mass is 214 g/mol. The van der Waals surface area contributed by atoms with Gasteiger partial charge in [0.05, 0.1) is 6.10 Å². The second kappa shape index (κ2) is 4.26. The average molecular weight is 214 g/mol. The molecule has 2 aromatic carbocycles. The van der Waals surface area contributed by atoms with Crippen LogP contribution in [0.25, 0.3) is 10.8 Å². The van der Waals surface area contributed by atoms with E-state index in [1.165, 1.54) is 16.3 Å². The molecule has 0 bridgehead atoms. The van der Waals surface area contributed by atoms with Crippen LogP contribution in [0.3, 0.4) is 0 Å². The van der Waals surface area contributed by atoms with E-state index in [1.54, 1.807) is 0 Å². The summed E-state index contributed by atoms with van der Waals surface area (Å²) in [5, 5.41) is 12.6. The van der Waals surface area contributed by atoms with Crippen LogP contribution in [0.5, 0.6) is 0 Å². The van der Waals surface area contributed by atoms with E-state index < -0.39 is 0 Å². The molecule has 0 aliphatic carbocycles. The van der Waals surface area contributed by atoms with E-state index in [0.717, 1.165) is 5.56 Å². The number of aliphatic hydroxyl groups is 1. The summed E-state index contributed by atoms with van der Waals surface area (Å²) in [6, 6.07) is 12.4. The Labute approximate surface area is 96.7 Å². The summed E-state index contributed by atoms with van der Waals surface area (Å²) < 4.78 is 0. The van der Waals surface area contributed by atoms with E-state index in [1.807, 2.05) is 32.0 Å². The van der Waals surface area contributed by atoms with Gasteiger partial charge in [0.15, 0.2) is 0 Å². The quantitative estimate of drug-likeness (QED) is 0.805. The predicted octanol–water partition coefficient (Wildman–Crippen LogP) is 3.84. The van der Waals surface area contributed by atoms with E-state index in [-0.39, 0.29) is 12.0 Å². The molecule has 0 aliphatic rings. The fourth-order valence-electron chi connectivity index (χ4n) is 2.09. The summed E-state index contributed by atoms with van der Waals surface area (Å²) in [6.45, 7) is 6.19. The number of aryl methyl sites for hydroxylation is 1. The van der Waals surface area contributed by atoms with Crippen LogP contribution in [-0.2, 0) is 0 Å². The van der Waals surface area contributed by atoms with Gasteiger partial charge in [0.25, 0.3) is 0 Å². The molecule has 0 heterocycles. The van der Waals surface area contributed by atoms with Crippen molar-refractivity contribution in [2.75, 3.05) is 0 Å². The van der Waals surface area contributed by atoms with Crippen molar-refractivity contribution >= 4 is 10.8 Å². The number of fused-ring (bicyclic) bond motifs is 1. The Balaban J connectivity index is 2.67. The molecule has 0 radical (unpaired) electrons. The first-order chi connectivity index (χ1) is 7.61. The van der Waals surface area contributed by atoms with Crippen molar-refractivity contribution in [2.24, 2.45) is 5.92 Å². The molecule has 0 aliphatic heterocycles. The van der Waals surface area contributed by atoms with Gasteiger partial charge in [0.1, 0.15) is 0 Å². The predicted molar refractivity (Wildman–Crippen MR) is 68.5 cm³/mol. The molecule has 2 aromatic rings. The maximum absolute atomic E-state index is 10.2. The molecule has 84 valence electrons. The summed E-state index contributed by atoms with van der Waals surface area (Å²) in [7, 11) is 0. The Kier molecular flexibility index (Phi) is 2.97. The highest BCUT2D eigenvalue weighted by atomic mass is 16.3. The summed E-state index contributed by atoms with van der Waals surface area (Å²) in [6.07, 6.45) is -0.384. The lowest BCUT2D eigenvalue weighted by Crippen LogP contribution is -2.06.